The van der Waals surface area contributed by atoms with Crippen LogP contribution in [0.4, 0.5) is 0 Å². The van der Waals surface area contributed by atoms with Gasteiger partial charge in [0.25, 0.3) is 0 Å². The normalized spacial score (nSPS) is 31.1. The maximum absolute atomic E-state index is 5.63. The van der Waals surface area contributed by atoms with Crippen LogP contribution in [0.1, 0.15) is 45.4 Å². The van der Waals surface area contributed by atoms with Crippen LogP contribution in [0.2, 0.25) is 0 Å². The molecule has 2 nitrogen and oxygen atoms in total. The van der Waals surface area contributed by atoms with Crippen molar-refractivity contribution in [1.82, 2.24) is 4.90 Å². The van der Waals surface area contributed by atoms with Gasteiger partial charge in [-0.15, -0.1) is 0 Å². The van der Waals surface area contributed by atoms with Crippen molar-refractivity contribution in [2.75, 3.05) is 32.0 Å². The van der Waals surface area contributed by atoms with Crippen molar-refractivity contribution < 1.29 is 4.74 Å². The minimum absolute atomic E-state index is 0.409. The van der Waals surface area contributed by atoms with Gasteiger partial charge in [0, 0.05) is 19.6 Å². The van der Waals surface area contributed by atoms with E-state index in [1.807, 2.05) is 0 Å². The molecule has 0 bridgehead atoms. The van der Waals surface area contributed by atoms with Crippen molar-refractivity contribution in [3.8, 4) is 0 Å². The van der Waals surface area contributed by atoms with Crippen LogP contribution < -0.4 is 0 Å². The molecule has 3 heteroatoms. The Morgan fingerprint density at radius 1 is 1.24 bits per heavy atom. The predicted octanol–water partition coefficient (Wildman–Crippen LogP) is 2.98. The maximum atomic E-state index is 5.63. The number of hydrogen-bond donors (Lipinski definition) is 1. The molecule has 0 aromatic rings. The summed E-state index contributed by atoms with van der Waals surface area (Å²) in [7, 11) is 0. The maximum Gasteiger partial charge on any atom is 0.0674 e. The van der Waals surface area contributed by atoms with Crippen LogP contribution in [0.5, 0.6) is 0 Å². The topological polar surface area (TPSA) is 12.5 Å². The van der Waals surface area contributed by atoms with Crippen molar-refractivity contribution in [1.29, 1.82) is 0 Å². The van der Waals surface area contributed by atoms with Crippen LogP contribution in [0.15, 0.2) is 0 Å². The zero-order valence-corrected chi connectivity index (χ0v) is 12.1. The van der Waals surface area contributed by atoms with Gasteiger partial charge in [0.05, 0.1) is 12.7 Å². The first kappa shape index (κ1) is 13.7. The van der Waals surface area contributed by atoms with Gasteiger partial charge in [-0.05, 0) is 30.9 Å². The van der Waals surface area contributed by atoms with Gasteiger partial charge in [-0.1, -0.05) is 25.7 Å². The summed E-state index contributed by atoms with van der Waals surface area (Å²) in [6, 6.07) is 0. The molecule has 1 heterocycles. The minimum Gasteiger partial charge on any atom is -0.376 e. The zero-order valence-electron chi connectivity index (χ0n) is 11.2. The van der Waals surface area contributed by atoms with Crippen molar-refractivity contribution in [2.45, 2.75) is 51.6 Å². The van der Waals surface area contributed by atoms with E-state index in [0.29, 0.717) is 11.5 Å². The highest BCUT2D eigenvalue weighted by Gasteiger charge is 2.32. The lowest BCUT2D eigenvalue weighted by molar-refractivity contribution is -0.0317. The molecule has 1 aliphatic heterocycles. The highest BCUT2D eigenvalue weighted by Crippen LogP contribution is 2.37. The van der Waals surface area contributed by atoms with Gasteiger partial charge in [0.2, 0.25) is 0 Å². The quantitative estimate of drug-likeness (QED) is 0.616. The van der Waals surface area contributed by atoms with E-state index in [4.69, 9.17) is 4.74 Å². The molecule has 1 atom stereocenters. The average molecular weight is 257 g/mol. The van der Waals surface area contributed by atoms with Gasteiger partial charge in [-0.3, -0.25) is 4.90 Å². The zero-order chi connectivity index (χ0) is 12.1. The predicted molar refractivity (Wildman–Crippen MR) is 75.8 cm³/mol. The molecule has 1 unspecified atom stereocenters. The van der Waals surface area contributed by atoms with Crippen LogP contribution in [0.25, 0.3) is 0 Å². The smallest absolute Gasteiger partial charge is 0.0674 e. The van der Waals surface area contributed by atoms with E-state index >= 15 is 0 Å². The molecule has 0 spiro atoms. The molecule has 0 aromatic heterocycles. The average Bonchev–Trinajstić information content (AvgIpc) is 2.55. The largest absolute Gasteiger partial charge is 0.376 e. The number of rotatable bonds is 3. The minimum atomic E-state index is 0.409. The molecule has 1 aliphatic carbocycles. The van der Waals surface area contributed by atoms with Crippen molar-refractivity contribution in [3.05, 3.63) is 0 Å². The highest BCUT2D eigenvalue weighted by molar-refractivity contribution is 7.80. The molecule has 0 N–H and O–H groups in total. The van der Waals surface area contributed by atoms with Crippen molar-refractivity contribution >= 4 is 12.6 Å². The van der Waals surface area contributed by atoms with Gasteiger partial charge in [-0.2, -0.15) is 12.6 Å². The summed E-state index contributed by atoms with van der Waals surface area (Å²) in [6.45, 7) is 6.55. The lowest BCUT2D eigenvalue weighted by atomic mass is 9.81. The van der Waals surface area contributed by atoms with E-state index < -0.39 is 0 Å². The van der Waals surface area contributed by atoms with Crippen molar-refractivity contribution in [3.63, 3.8) is 0 Å². The molecule has 2 rings (SSSR count). The third-order valence-corrected chi connectivity index (χ3v) is 5.05. The van der Waals surface area contributed by atoms with Crippen molar-refractivity contribution in [2.24, 2.45) is 5.41 Å². The van der Waals surface area contributed by atoms with E-state index in [-0.39, 0.29) is 0 Å². The van der Waals surface area contributed by atoms with Crippen LogP contribution in [0, 0.1) is 5.41 Å². The second-order valence-electron chi connectivity index (χ2n) is 5.99. The first-order valence-corrected chi connectivity index (χ1v) is 7.82. The summed E-state index contributed by atoms with van der Waals surface area (Å²) >= 11 is 4.66. The Morgan fingerprint density at radius 3 is 2.53 bits per heavy atom. The van der Waals surface area contributed by atoms with E-state index in [1.165, 1.54) is 45.1 Å². The molecule has 1 saturated carbocycles. The summed E-state index contributed by atoms with van der Waals surface area (Å²) in [5.41, 5.74) is 0.483. The fourth-order valence-electron chi connectivity index (χ4n) is 3.35. The van der Waals surface area contributed by atoms with Gasteiger partial charge in [0.1, 0.15) is 0 Å². The van der Waals surface area contributed by atoms with Crippen LogP contribution in [-0.4, -0.2) is 43.0 Å². The third kappa shape index (κ3) is 3.87. The lowest BCUT2D eigenvalue weighted by Crippen LogP contribution is -2.47. The standard InChI is InChI=1S/C14H27NOS/c1-13-10-15(8-9-16-13)11-14(12-17)6-4-2-3-5-7-14/h13,17H,2-12H2,1H3. The van der Waals surface area contributed by atoms with Crippen LogP contribution >= 0.6 is 12.6 Å². The molecule has 1 saturated heterocycles. The molecule has 100 valence electrons. The summed E-state index contributed by atoms with van der Waals surface area (Å²) < 4.78 is 5.63. The molecular formula is C14H27NOS. The molecule has 0 radical (unpaired) electrons. The van der Waals surface area contributed by atoms with E-state index in [2.05, 4.69) is 24.5 Å². The fraction of sp³-hybridized carbons (Fsp3) is 1.00. The number of thiol groups is 1. The van der Waals surface area contributed by atoms with Gasteiger partial charge in [-0.25, -0.2) is 0 Å². The fourth-order valence-corrected chi connectivity index (χ4v) is 3.77. The third-order valence-electron chi connectivity index (χ3n) is 4.38. The molecular weight excluding hydrogens is 230 g/mol. The SMILES string of the molecule is CC1CN(CC2(CS)CCCCCC2)CCO1. The number of morpholine rings is 1. The molecule has 0 amide bonds. The highest BCUT2D eigenvalue weighted by atomic mass is 32.1. The number of hydrogen-bond acceptors (Lipinski definition) is 3. The number of ether oxygens (including phenoxy) is 1. The second-order valence-corrected chi connectivity index (χ2v) is 6.31. The molecule has 2 aliphatic rings. The van der Waals surface area contributed by atoms with E-state index in [0.717, 1.165) is 25.4 Å². The van der Waals surface area contributed by atoms with Gasteiger partial charge in [0.15, 0.2) is 0 Å². The Balaban J connectivity index is 1.92. The Kier molecular flexibility index (Phi) is 5.19. The summed E-state index contributed by atoms with van der Waals surface area (Å²) in [5, 5.41) is 0. The van der Waals surface area contributed by atoms with Gasteiger partial charge < -0.3 is 4.74 Å². The Morgan fingerprint density at radius 2 is 1.94 bits per heavy atom. The summed E-state index contributed by atoms with van der Waals surface area (Å²) in [6.07, 6.45) is 8.82. The van der Waals surface area contributed by atoms with Crippen LogP contribution in [-0.2, 0) is 4.74 Å². The molecule has 17 heavy (non-hydrogen) atoms. The monoisotopic (exact) mass is 257 g/mol. The summed E-state index contributed by atoms with van der Waals surface area (Å²) in [5.74, 6) is 1.05. The Hall–Kier alpha value is 0.270. The Labute approximate surface area is 112 Å². The second kappa shape index (κ2) is 6.44. The number of nitrogens with zero attached hydrogens (tertiary/aromatic N) is 1. The summed E-state index contributed by atoms with van der Waals surface area (Å²) in [4.78, 5) is 2.61. The van der Waals surface area contributed by atoms with E-state index in [1.54, 1.807) is 0 Å². The molecule has 2 fully saturated rings. The Bertz CT molecular complexity index is 226. The lowest BCUT2D eigenvalue weighted by Gasteiger charge is -2.40. The van der Waals surface area contributed by atoms with Crippen LogP contribution in [0.3, 0.4) is 0 Å². The van der Waals surface area contributed by atoms with E-state index in [9.17, 15) is 0 Å². The van der Waals surface area contributed by atoms with Gasteiger partial charge >= 0.3 is 0 Å². The molecule has 0 aromatic carbocycles. The first-order valence-electron chi connectivity index (χ1n) is 7.19. The first-order chi connectivity index (χ1) is 8.24.